The third kappa shape index (κ3) is 10.00. The van der Waals surface area contributed by atoms with Crippen molar-refractivity contribution in [1.29, 1.82) is 0 Å². The Morgan fingerprint density at radius 1 is 1.21 bits per heavy atom. The molecule has 0 radical (unpaired) electrons. The van der Waals surface area contributed by atoms with Crippen molar-refractivity contribution in [3.8, 4) is 0 Å². The summed E-state index contributed by atoms with van der Waals surface area (Å²) in [5, 5.41) is 20.8. The van der Waals surface area contributed by atoms with Crippen LogP contribution in [0.3, 0.4) is 0 Å². The molecule has 4 N–H and O–H groups in total. The van der Waals surface area contributed by atoms with Gasteiger partial charge in [-0.15, -0.1) is 0 Å². The van der Waals surface area contributed by atoms with Gasteiger partial charge < -0.3 is 20.8 Å². The van der Waals surface area contributed by atoms with Gasteiger partial charge in [0, 0.05) is 12.3 Å². The van der Waals surface area contributed by atoms with E-state index < -0.39 is 41.7 Å². The van der Waals surface area contributed by atoms with E-state index in [-0.39, 0.29) is 18.3 Å². The number of amides is 2. The predicted octanol–water partition coefficient (Wildman–Crippen LogP) is 0.467. The van der Waals surface area contributed by atoms with Crippen molar-refractivity contribution in [2.45, 2.75) is 18.0 Å². The number of hydrogen-bond donors (Lipinski definition) is 4. The van der Waals surface area contributed by atoms with Crippen molar-refractivity contribution in [1.82, 2.24) is 10.6 Å². The van der Waals surface area contributed by atoms with Crippen LogP contribution in [0.5, 0.6) is 0 Å². The number of thioether (sulfide) groups is 1. The van der Waals surface area contributed by atoms with E-state index in [1.807, 2.05) is 10.6 Å². The average Bonchev–Trinajstić information content (AvgIpc) is 2.21. The minimum absolute atomic E-state index is 0.338. The van der Waals surface area contributed by atoms with Crippen LogP contribution in [0.2, 0.25) is 0 Å². The molecule has 0 aliphatic carbocycles. The van der Waals surface area contributed by atoms with Crippen LogP contribution >= 0.6 is 11.8 Å². The molecule has 0 spiro atoms. The van der Waals surface area contributed by atoms with E-state index in [0.717, 1.165) is 0 Å². The molecule has 2 amide bonds. The minimum atomic E-state index is -4.41. The number of carboxylic acid groups (broad SMARTS) is 2. The average molecular weight is 304 g/mol. The fraction of sp³-hybridized carbons (Fsp3) is 0.625. The second-order valence-electron chi connectivity index (χ2n) is 3.18. The molecule has 0 saturated carbocycles. The number of alkyl halides is 3. The Morgan fingerprint density at radius 2 is 1.79 bits per heavy atom. The summed E-state index contributed by atoms with van der Waals surface area (Å²) in [5.74, 6) is -3.42. The van der Waals surface area contributed by atoms with Crippen LogP contribution in [-0.4, -0.2) is 52.0 Å². The summed E-state index contributed by atoms with van der Waals surface area (Å²) >= 11 is -0.342. The number of rotatable bonds is 7. The number of hydrogen-bond acceptors (Lipinski definition) is 4. The summed E-state index contributed by atoms with van der Waals surface area (Å²) in [7, 11) is 0. The summed E-state index contributed by atoms with van der Waals surface area (Å²) in [5.41, 5.74) is -4.41. The predicted molar refractivity (Wildman–Crippen MR) is 58.7 cm³/mol. The second kappa shape index (κ2) is 7.71. The fourth-order valence-electron chi connectivity index (χ4n) is 0.915. The van der Waals surface area contributed by atoms with Crippen LogP contribution in [-0.2, 0) is 9.59 Å². The third-order valence-corrected chi connectivity index (χ3v) is 2.37. The summed E-state index contributed by atoms with van der Waals surface area (Å²) in [6.07, 6.45) is -0.833. The highest BCUT2D eigenvalue weighted by Gasteiger charge is 2.27. The maximum Gasteiger partial charge on any atom is 0.441 e. The molecule has 0 saturated heterocycles. The Morgan fingerprint density at radius 3 is 2.21 bits per heavy atom. The first-order chi connectivity index (χ1) is 8.61. The lowest BCUT2D eigenvalue weighted by molar-refractivity contribution is -0.145. The van der Waals surface area contributed by atoms with Gasteiger partial charge in [0.15, 0.2) is 0 Å². The second-order valence-corrected chi connectivity index (χ2v) is 4.34. The Bertz CT molecular complexity index is 350. The first kappa shape index (κ1) is 17.4. The molecule has 0 rings (SSSR count). The normalized spacial score (nSPS) is 12.6. The molecule has 7 nitrogen and oxygen atoms in total. The third-order valence-electron chi connectivity index (χ3n) is 1.64. The van der Waals surface area contributed by atoms with Gasteiger partial charge in [0.1, 0.15) is 6.04 Å². The number of nitrogens with one attached hydrogen (secondary N) is 2. The Balaban J connectivity index is 4.00. The molecule has 1 unspecified atom stereocenters. The standard InChI is InChI=1S/C8H11F3N2O5S/c9-8(10,11)19-2-1-12-7(18)13-4(6(16)17)3-5(14)15/h4H,1-3H2,(H,14,15)(H,16,17)(H2,12,13,18). The molecule has 0 aromatic rings. The molecule has 0 heterocycles. The maximum atomic E-state index is 11.7. The highest BCUT2D eigenvalue weighted by atomic mass is 32.2. The quantitative estimate of drug-likeness (QED) is 0.508. The summed E-state index contributed by atoms with van der Waals surface area (Å²) in [6, 6.07) is -2.69. The molecule has 0 aromatic carbocycles. The van der Waals surface area contributed by atoms with Gasteiger partial charge in [0.25, 0.3) is 0 Å². The number of carbonyl (C=O) groups excluding carboxylic acids is 1. The van der Waals surface area contributed by atoms with E-state index in [1.54, 1.807) is 0 Å². The molecular formula is C8H11F3N2O5S. The molecule has 0 aromatic heterocycles. The van der Waals surface area contributed by atoms with Crippen molar-refractivity contribution in [3.05, 3.63) is 0 Å². The van der Waals surface area contributed by atoms with E-state index in [9.17, 15) is 27.6 Å². The highest BCUT2D eigenvalue weighted by Crippen LogP contribution is 2.29. The lowest BCUT2D eigenvalue weighted by Gasteiger charge is -2.13. The molecule has 110 valence electrons. The van der Waals surface area contributed by atoms with Gasteiger partial charge in [-0.05, 0) is 11.8 Å². The Kier molecular flexibility index (Phi) is 7.04. The van der Waals surface area contributed by atoms with Crippen molar-refractivity contribution < 1.29 is 37.8 Å². The SMILES string of the molecule is O=C(O)CC(NC(=O)NCCSC(F)(F)F)C(=O)O. The summed E-state index contributed by atoms with van der Waals surface area (Å²) in [4.78, 5) is 32.0. The number of halogens is 3. The van der Waals surface area contributed by atoms with Gasteiger partial charge in [-0.1, -0.05) is 0 Å². The van der Waals surface area contributed by atoms with E-state index in [2.05, 4.69) is 0 Å². The van der Waals surface area contributed by atoms with Gasteiger partial charge in [-0.2, -0.15) is 13.2 Å². The van der Waals surface area contributed by atoms with Crippen LogP contribution in [0.25, 0.3) is 0 Å². The molecule has 19 heavy (non-hydrogen) atoms. The number of aliphatic carboxylic acids is 2. The van der Waals surface area contributed by atoms with Crippen LogP contribution in [0, 0.1) is 0 Å². The van der Waals surface area contributed by atoms with Crippen molar-refractivity contribution in [2.24, 2.45) is 0 Å². The molecule has 0 bridgehead atoms. The maximum absolute atomic E-state index is 11.7. The molecule has 0 aliphatic rings. The molecule has 1 atom stereocenters. The van der Waals surface area contributed by atoms with E-state index in [0.29, 0.717) is 0 Å². The van der Waals surface area contributed by atoms with Crippen LogP contribution in [0.15, 0.2) is 0 Å². The van der Waals surface area contributed by atoms with Crippen molar-refractivity contribution in [2.75, 3.05) is 12.3 Å². The largest absolute Gasteiger partial charge is 0.481 e. The zero-order valence-electron chi connectivity index (χ0n) is 9.36. The van der Waals surface area contributed by atoms with E-state index >= 15 is 0 Å². The topological polar surface area (TPSA) is 116 Å². The molecule has 0 fully saturated rings. The lowest BCUT2D eigenvalue weighted by atomic mass is 10.2. The van der Waals surface area contributed by atoms with Gasteiger partial charge in [0.05, 0.1) is 6.42 Å². The summed E-state index contributed by atoms with van der Waals surface area (Å²) in [6.45, 7) is -0.338. The van der Waals surface area contributed by atoms with Crippen molar-refractivity contribution in [3.63, 3.8) is 0 Å². The van der Waals surface area contributed by atoms with Gasteiger partial charge in [-0.25, -0.2) is 9.59 Å². The summed E-state index contributed by atoms with van der Waals surface area (Å²) < 4.78 is 35.2. The number of carboxylic acids is 2. The first-order valence-electron chi connectivity index (χ1n) is 4.81. The van der Waals surface area contributed by atoms with Gasteiger partial charge >= 0.3 is 23.5 Å². The first-order valence-corrected chi connectivity index (χ1v) is 5.80. The van der Waals surface area contributed by atoms with Crippen molar-refractivity contribution >= 4 is 29.7 Å². The molecule has 11 heteroatoms. The lowest BCUT2D eigenvalue weighted by Crippen LogP contribution is -2.47. The van der Waals surface area contributed by atoms with E-state index in [4.69, 9.17) is 10.2 Å². The zero-order valence-corrected chi connectivity index (χ0v) is 10.2. The van der Waals surface area contributed by atoms with Gasteiger partial charge in [-0.3, -0.25) is 4.79 Å². The smallest absolute Gasteiger partial charge is 0.441 e. The molecule has 0 aliphatic heterocycles. The zero-order chi connectivity index (χ0) is 15.1. The fourth-order valence-corrected chi connectivity index (χ4v) is 1.35. The Labute approximate surface area is 109 Å². The number of urea groups is 1. The van der Waals surface area contributed by atoms with Crippen LogP contribution in [0.4, 0.5) is 18.0 Å². The number of carbonyl (C=O) groups is 3. The van der Waals surface area contributed by atoms with E-state index in [1.165, 1.54) is 0 Å². The Hall–Kier alpha value is -1.65. The minimum Gasteiger partial charge on any atom is -0.481 e. The monoisotopic (exact) mass is 304 g/mol. The molecular weight excluding hydrogens is 293 g/mol. The van der Waals surface area contributed by atoms with Crippen LogP contribution in [0.1, 0.15) is 6.42 Å². The van der Waals surface area contributed by atoms with Gasteiger partial charge in [0.2, 0.25) is 0 Å². The van der Waals surface area contributed by atoms with Crippen LogP contribution < -0.4 is 10.6 Å². The highest BCUT2D eigenvalue weighted by molar-refractivity contribution is 8.00.